The number of rotatable bonds is 4. The largest absolute Gasteiger partial charge is 0.493 e. The molecule has 7 heteroatoms. The number of nitrogens with zero attached hydrogens (tertiary/aromatic N) is 3. The highest BCUT2D eigenvalue weighted by atomic mass is 32.1. The van der Waals surface area contributed by atoms with E-state index in [0.29, 0.717) is 0 Å². The van der Waals surface area contributed by atoms with E-state index in [4.69, 9.17) is 4.74 Å². The van der Waals surface area contributed by atoms with E-state index in [1.165, 1.54) is 10.1 Å². The second-order valence-corrected chi connectivity index (χ2v) is 4.78. The van der Waals surface area contributed by atoms with Crippen molar-refractivity contribution in [2.45, 2.75) is 0 Å². The van der Waals surface area contributed by atoms with E-state index in [1.807, 2.05) is 5.01 Å². The van der Waals surface area contributed by atoms with Gasteiger partial charge in [0.2, 0.25) is 5.88 Å². The number of piperazine rings is 1. The van der Waals surface area contributed by atoms with E-state index >= 15 is 0 Å². The van der Waals surface area contributed by atoms with Gasteiger partial charge in [-0.2, -0.15) is 4.68 Å². The van der Waals surface area contributed by atoms with Crippen molar-refractivity contribution in [3.63, 3.8) is 0 Å². The molecule has 0 spiro atoms. The van der Waals surface area contributed by atoms with Crippen molar-refractivity contribution in [1.82, 2.24) is 9.58 Å². The molecule has 0 saturated carbocycles. The van der Waals surface area contributed by atoms with Crippen LogP contribution in [0, 0.1) is 0 Å². The molecule has 0 unspecified atom stereocenters. The van der Waals surface area contributed by atoms with Gasteiger partial charge in [-0.15, -0.1) is 0 Å². The molecular weight excluding hydrogens is 242 g/mol. The first kappa shape index (κ1) is 12.4. The molecule has 6 nitrogen and oxygen atoms in total. The Morgan fingerprint density at radius 1 is 1.41 bits per heavy atom. The summed E-state index contributed by atoms with van der Waals surface area (Å²) in [6, 6.07) is 0. The summed E-state index contributed by atoms with van der Waals surface area (Å²) in [5, 5.41) is 12.9. The summed E-state index contributed by atoms with van der Waals surface area (Å²) in [6.45, 7) is 4.89. The first-order valence-electron chi connectivity index (χ1n) is 5.58. The SMILES string of the molecule is COCCN1CCN(n2c(O)csc2=O)CC1. The molecule has 0 aromatic carbocycles. The van der Waals surface area contributed by atoms with Gasteiger partial charge in [0.15, 0.2) is 0 Å². The molecule has 1 aliphatic heterocycles. The van der Waals surface area contributed by atoms with Crippen molar-refractivity contribution in [1.29, 1.82) is 0 Å². The van der Waals surface area contributed by atoms with Crippen LogP contribution in [0.3, 0.4) is 0 Å². The maximum Gasteiger partial charge on any atom is 0.328 e. The second kappa shape index (κ2) is 5.52. The second-order valence-electron chi connectivity index (χ2n) is 3.96. The first-order chi connectivity index (χ1) is 8.22. The van der Waals surface area contributed by atoms with E-state index in [-0.39, 0.29) is 10.8 Å². The van der Waals surface area contributed by atoms with Crippen LogP contribution in [0.25, 0.3) is 0 Å². The van der Waals surface area contributed by atoms with Crippen molar-refractivity contribution in [2.75, 3.05) is 51.4 Å². The van der Waals surface area contributed by atoms with Crippen LogP contribution in [-0.4, -0.2) is 61.1 Å². The average Bonchev–Trinajstić information content (AvgIpc) is 2.67. The zero-order valence-corrected chi connectivity index (χ0v) is 10.7. The molecule has 1 aromatic heterocycles. The first-order valence-corrected chi connectivity index (χ1v) is 6.46. The molecule has 1 aliphatic rings. The monoisotopic (exact) mass is 259 g/mol. The summed E-state index contributed by atoms with van der Waals surface area (Å²) >= 11 is 1.02. The van der Waals surface area contributed by atoms with Gasteiger partial charge < -0.3 is 14.9 Å². The average molecular weight is 259 g/mol. The molecule has 0 amide bonds. The van der Waals surface area contributed by atoms with Crippen LogP contribution in [0.1, 0.15) is 0 Å². The normalized spacial score (nSPS) is 17.6. The highest BCUT2D eigenvalue weighted by Crippen LogP contribution is 2.11. The zero-order valence-electron chi connectivity index (χ0n) is 9.83. The molecule has 1 fully saturated rings. The molecule has 96 valence electrons. The van der Waals surface area contributed by atoms with Gasteiger partial charge in [0, 0.05) is 39.8 Å². The fourth-order valence-electron chi connectivity index (χ4n) is 1.94. The molecule has 17 heavy (non-hydrogen) atoms. The third kappa shape index (κ3) is 2.80. The smallest absolute Gasteiger partial charge is 0.328 e. The topological polar surface area (TPSA) is 57.9 Å². The molecule has 1 aromatic rings. The molecule has 0 bridgehead atoms. The Bertz CT molecular complexity index is 409. The summed E-state index contributed by atoms with van der Waals surface area (Å²) in [5.41, 5.74) is 0. The number of hydrogen-bond acceptors (Lipinski definition) is 6. The Kier molecular flexibility index (Phi) is 4.03. The summed E-state index contributed by atoms with van der Waals surface area (Å²) in [6.07, 6.45) is 0. The number of aromatic nitrogens is 1. The number of thiazole rings is 1. The Morgan fingerprint density at radius 3 is 2.65 bits per heavy atom. The lowest BCUT2D eigenvalue weighted by Crippen LogP contribution is -2.53. The predicted molar refractivity (Wildman–Crippen MR) is 66.5 cm³/mol. The van der Waals surface area contributed by atoms with Gasteiger partial charge in [0.25, 0.3) is 0 Å². The van der Waals surface area contributed by atoms with E-state index < -0.39 is 0 Å². The molecular formula is C10H17N3O3S. The summed E-state index contributed by atoms with van der Waals surface area (Å²) < 4.78 is 6.39. The minimum absolute atomic E-state index is 0.0327. The van der Waals surface area contributed by atoms with Crippen LogP contribution in [0.4, 0.5) is 0 Å². The van der Waals surface area contributed by atoms with Crippen LogP contribution in [0.5, 0.6) is 5.88 Å². The molecule has 1 saturated heterocycles. The number of hydrogen-bond donors (Lipinski definition) is 1. The predicted octanol–water partition coefficient (Wildman–Crippen LogP) is -0.485. The van der Waals surface area contributed by atoms with E-state index in [9.17, 15) is 9.90 Å². The fourth-order valence-corrected chi connectivity index (χ4v) is 2.55. The molecule has 2 rings (SSSR count). The Hall–Kier alpha value is -1.05. The molecule has 0 atom stereocenters. The van der Waals surface area contributed by atoms with Crippen molar-refractivity contribution in [3.05, 3.63) is 15.0 Å². The van der Waals surface area contributed by atoms with Gasteiger partial charge in [0.1, 0.15) is 0 Å². The number of ether oxygens (including phenoxy) is 1. The quantitative estimate of drug-likeness (QED) is 0.791. The summed E-state index contributed by atoms with van der Waals surface area (Å²) in [7, 11) is 1.69. The van der Waals surface area contributed by atoms with E-state index in [1.54, 1.807) is 7.11 Å². The number of methoxy groups -OCH3 is 1. The highest BCUT2D eigenvalue weighted by Gasteiger charge is 2.20. The molecule has 1 N–H and O–H groups in total. The van der Waals surface area contributed by atoms with Crippen molar-refractivity contribution in [2.24, 2.45) is 0 Å². The lowest BCUT2D eigenvalue weighted by atomic mass is 10.3. The van der Waals surface area contributed by atoms with Gasteiger partial charge in [0.05, 0.1) is 12.0 Å². The third-order valence-corrected chi connectivity index (χ3v) is 3.60. The van der Waals surface area contributed by atoms with Crippen molar-refractivity contribution < 1.29 is 9.84 Å². The van der Waals surface area contributed by atoms with Crippen LogP contribution in [0.2, 0.25) is 0 Å². The zero-order chi connectivity index (χ0) is 12.3. The molecule has 0 radical (unpaired) electrons. The Labute approximate surface area is 104 Å². The van der Waals surface area contributed by atoms with Gasteiger partial charge >= 0.3 is 4.87 Å². The Morgan fingerprint density at radius 2 is 2.12 bits per heavy atom. The third-order valence-electron chi connectivity index (χ3n) is 2.90. The van der Waals surface area contributed by atoms with Gasteiger partial charge in [-0.1, -0.05) is 11.3 Å². The van der Waals surface area contributed by atoms with E-state index in [2.05, 4.69) is 4.90 Å². The van der Waals surface area contributed by atoms with Gasteiger partial charge in [-0.3, -0.25) is 9.69 Å². The lowest BCUT2D eigenvalue weighted by molar-refractivity contribution is 0.139. The lowest BCUT2D eigenvalue weighted by Gasteiger charge is -2.35. The standard InChI is InChI=1S/C10H17N3O3S/c1-16-7-6-11-2-4-12(5-3-11)13-9(14)8-17-10(13)15/h8,14H,2-7H2,1H3. The van der Waals surface area contributed by atoms with Crippen molar-refractivity contribution >= 4 is 11.3 Å². The van der Waals surface area contributed by atoms with Crippen LogP contribution >= 0.6 is 11.3 Å². The van der Waals surface area contributed by atoms with Gasteiger partial charge in [-0.05, 0) is 0 Å². The van der Waals surface area contributed by atoms with Crippen LogP contribution in [-0.2, 0) is 4.74 Å². The molecule has 0 aliphatic carbocycles. The van der Waals surface area contributed by atoms with Crippen LogP contribution in [0.15, 0.2) is 10.2 Å². The van der Waals surface area contributed by atoms with Crippen LogP contribution < -0.4 is 9.88 Å². The highest BCUT2D eigenvalue weighted by molar-refractivity contribution is 7.07. The minimum Gasteiger partial charge on any atom is -0.493 e. The maximum atomic E-state index is 11.5. The van der Waals surface area contributed by atoms with Crippen molar-refractivity contribution in [3.8, 4) is 5.88 Å². The van der Waals surface area contributed by atoms with E-state index in [0.717, 1.165) is 50.7 Å². The summed E-state index contributed by atoms with van der Waals surface area (Å²) in [5.74, 6) is 0.0327. The number of aromatic hydroxyl groups is 1. The summed E-state index contributed by atoms with van der Waals surface area (Å²) in [4.78, 5) is 13.7. The minimum atomic E-state index is -0.132. The fraction of sp³-hybridized carbons (Fsp3) is 0.700. The Balaban J connectivity index is 1.93. The maximum absolute atomic E-state index is 11.5. The molecule has 2 heterocycles. The van der Waals surface area contributed by atoms with Gasteiger partial charge in [-0.25, -0.2) is 0 Å².